The van der Waals surface area contributed by atoms with Crippen molar-refractivity contribution in [1.29, 1.82) is 0 Å². The molecule has 0 bridgehead atoms. The first kappa shape index (κ1) is 13.1. The number of benzene rings is 1. The Kier molecular flexibility index (Phi) is 3.92. The van der Waals surface area contributed by atoms with Gasteiger partial charge in [-0.2, -0.15) is 0 Å². The zero-order valence-corrected chi connectivity index (χ0v) is 12.3. The van der Waals surface area contributed by atoms with Gasteiger partial charge in [-0.15, -0.1) is 0 Å². The molecule has 1 saturated carbocycles. The van der Waals surface area contributed by atoms with Gasteiger partial charge in [-0.3, -0.25) is 0 Å². The Morgan fingerprint density at radius 1 is 1.24 bits per heavy atom. The second kappa shape index (κ2) is 5.09. The van der Waals surface area contributed by atoms with Crippen LogP contribution < -0.4 is 0 Å². The van der Waals surface area contributed by atoms with E-state index in [0.29, 0.717) is 10.7 Å². The average molecular weight is 299 g/mol. The minimum atomic E-state index is -0.122. The maximum absolute atomic E-state index is 13.3. The molecule has 0 spiro atoms. The molecule has 17 heavy (non-hydrogen) atoms. The van der Waals surface area contributed by atoms with Gasteiger partial charge in [0.25, 0.3) is 0 Å². The van der Waals surface area contributed by atoms with Crippen LogP contribution in [0.2, 0.25) is 0 Å². The van der Waals surface area contributed by atoms with Gasteiger partial charge in [-0.1, -0.05) is 35.7 Å². The molecule has 1 aliphatic rings. The first-order valence-electron chi connectivity index (χ1n) is 6.41. The smallest absolute Gasteiger partial charge is 0.123 e. The summed E-state index contributed by atoms with van der Waals surface area (Å²) in [7, 11) is 0. The third kappa shape index (κ3) is 2.57. The summed E-state index contributed by atoms with van der Waals surface area (Å²) in [5.41, 5.74) is 3.44. The molecular formula is C15H20BrF. The largest absolute Gasteiger partial charge is 0.207 e. The predicted octanol–water partition coefficient (Wildman–Crippen LogP) is 5.31. The van der Waals surface area contributed by atoms with Gasteiger partial charge in [-0.05, 0) is 60.9 Å². The van der Waals surface area contributed by atoms with Gasteiger partial charge < -0.3 is 0 Å². The molecule has 0 radical (unpaired) electrons. The van der Waals surface area contributed by atoms with Crippen molar-refractivity contribution in [3.63, 3.8) is 0 Å². The van der Waals surface area contributed by atoms with E-state index < -0.39 is 0 Å². The van der Waals surface area contributed by atoms with Gasteiger partial charge >= 0.3 is 0 Å². The molecule has 3 atom stereocenters. The monoisotopic (exact) mass is 298 g/mol. The molecule has 1 aliphatic carbocycles. The van der Waals surface area contributed by atoms with Crippen LogP contribution in [-0.4, -0.2) is 0 Å². The van der Waals surface area contributed by atoms with Gasteiger partial charge in [0.2, 0.25) is 0 Å². The van der Waals surface area contributed by atoms with E-state index in [1.54, 1.807) is 12.1 Å². The number of alkyl halides is 1. The zero-order chi connectivity index (χ0) is 12.6. The minimum Gasteiger partial charge on any atom is -0.207 e. The highest BCUT2D eigenvalue weighted by molar-refractivity contribution is 9.09. The number of hydrogen-bond acceptors (Lipinski definition) is 0. The fourth-order valence-corrected chi connectivity index (χ4v) is 4.69. The molecule has 3 unspecified atom stereocenters. The van der Waals surface area contributed by atoms with Gasteiger partial charge in [0.15, 0.2) is 0 Å². The molecule has 1 fully saturated rings. The molecule has 0 heterocycles. The fraction of sp³-hybridized carbons (Fsp3) is 0.600. The summed E-state index contributed by atoms with van der Waals surface area (Å²) in [6, 6.07) is 3.30. The first-order valence-corrected chi connectivity index (χ1v) is 7.33. The molecule has 1 aromatic carbocycles. The Bertz CT molecular complexity index is 390. The van der Waals surface area contributed by atoms with Crippen molar-refractivity contribution in [2.75, 3.05) is 0 Å². The van der Waals surface area contributed by atoms with Crippen LogP contribution >= 0.6 is 15.9 Å². The summed E-state index contributed by atoms with van der Waals surface area (Å²) in [5, 5.41) is 0. The highest BCUT2D eigenvalue weighted by atomic mass is 79.9. The minimum absolute atomic E-state index is 0.122. The summed E-state index contributed by atoms with van der Waals surface area (Å²) in [6.07, 6.45) is 3.94. The lowest BCUT2D eigenvalue weighted by molar-refractivity contribution is 0.412. The molecule has 2 rings (SSSR count). The van der Waals surface area contributed by atoms with Crippen molar-refractivity contribution < 1.29 is 4.39 Å². The quantitative estimate of drug-likeness (QED) is 0.649. The second-order valence-electron chi connectivity index (χ2n) is 5.43. The molecule has 0 N–H and O–H groups in total. The van der Waals surface area contributed by atoms with Crippen molar-refractivity contribution in [3.8, 4) is 0 Å². The van der Waals surface area contributed by atoms with Gasteiger partial charge in [0.05, 0.1) is 0 Å². The SMILES string of the molecule is Cc1cc(F)cc(C)c1C(Br)C1CCCC1C. The van der Waals surface area contributed by atoms with Crippen LogP contribution in [0.15, 0.2) is 12.1 Å². The topological polar surface area (TPSA) is 0 Å². The molecule has 94 valence electrons. The van der Waals surface area contributed by atoms with Crippen molar-refractivity contribution in [2.45, 2.75) is 44.9 Å². The molecule has 0 saturated heterocycles. The van der Waals surface area contributed by atoms with Crippen LogP contribution in [0.3, 0.4) is 0 Å². The Labute approximate surface area is 112 Å². The molecular weight excluding hydrogens is 279 g/mol. The number of hydrogen-bond donors (Lipinski definition) is 0. The first-order chi connectivity index (χ1) is 8.00. The maximum Gasteiger partial charge on any atom is 0.123 e. The van der Waals surface area contributed by atoms with Crippen LogP contribution in [0.4, 0.5) is 4.39 Å². The van der Waals surface area contributed by atoms with Crippen LogP contribution in [0.1, 0.15) is 47.7 Å². The lowest BCUT2D eigenvalue weighted by atomic mass is 9.87. The van der Waals surface area contributed by atoms with Crippen molar-refractivity contribution in [2.24, 2.45) is 11.8 Å². The molecule has 0 amide bonds. The summed E-state index contributed by atoms with van der Waals surface area (Å²) in [5.74, 6) is 1.34. The van der Waals surface area contributed by atoms with E-state index in [4.69, 9.17) is 0 Å². The van der Waals surface area contributed by atoms with E-state index in [-0.39, 0.29) is 5.82 Å². The third-order valence-electron chi connectivity index (χ3n) is 4.14. The standard InChI is InChI=1S/C15H20BrF/c1-9-5-4-6-13(9)15(16)14-10(2)7-12(17)8-11(14)3/h7-9,13,15H,4-6H2,1-3H3. The van der Waals surface area contributed by atoms with Crippen molar-refractivity contribution in [3.05, 3.63) is 34.6 Å². The van der Waals surface area contributed by atoms with Crippen molar-refractivity contribution >= 4 is 15.9 Å². The van der Waals surface area contributed by atoms with Crippen LogP contribution in [0, 0.1) is 31.5 Å². The van der Waals surface area contributed by atoms with E-state index in [9.17, 15) is 4.39 Å². The lowest BCUT2D eigenvalue weighted by Gasteiger charge is -2.25. The van der Waals surface area contributed by atoms with Crippen LogP contribution in [0.25, 0.3) is 0 Å². The third-order valence-corrected chi connectivity index (χ3v) is 5.27. The fourth-order valence-electron chi connectivity index (χ4n) is 3.18. The normalized spacial score (nSPS) is 26.2. The Morgan fingerprint density at radius 2 is 1.82 bits per heavy atom. The van der Waals surface area contributed by atoms with Crippen molar-refractivity contribution in [1.82, 2.24) is 0 Å². The summed E-state index contributed by atoms with van der Waals surface area (Å²) >= 11 is 3.86. The summed E-state index contributed by atoms with van der Waals surface area (Å²) in [4.78, 5) is 0.376. The van der Waals surface area contributed by atoms with E-state index >= 15 is 0 Å². The van der Waals surface area contributed by atoms with Crippen LogP contribution in [0.5, 0.6) is 0 Å². The average Bonchev–Trinajstić information content (AvgIpc) is 2.62. The molecule has 0 nitrogen and oxygen atoms in total. The van der Waals surface area contributed by atoms with E-state index in [1.165, 1.54) is 24.8 Å². The Hall–Kier alpha value is -0.370. The van der Waals surface area contributed by atoms with E-state index in [2.05, 4.69) is 22.9 Å². The highest BCUT2D eigenvalue weighted by Gasteiger charge is 2.31. The molecule has 1 aromatic rings. The summed E-state index contributed by atoms with van der Waals surface area (Å²) < 4.78 is 13.3. The lowest BCUT2D eigenvalue weighted by Crippen LogP contribution is -2.13. The van der Waals surface area contributed by atoms with E-state index in [0.717, 1.165) is 17.0 Å². The number of rotatable bonds is 2. The van der Waals surface area contributed by atoms with Gasteiger partial charge in [0.1, 0.15) is 5.82 Å². The Morgan fingerprint density at radius 3 is 2.29 bits per heavy atom. The van der Waals surface area contributed by atoms with Gasteiger partial charge in [0, 0.05) is 4.83 Å². The van der Waals surface area contributed by atoms with Crippen LogP contribution in [-0.2, 0) is 0 Å². The Balaban J connectivity index is 2.33. The molecule has 2 heteroatoms. The number of aryl methyl sites for hydroxylation is 2. The van der Waals surface area contributed by atoms with Gasteiger partial charge in [-0.25, -0.2) is 4.39 Å². The van der Waals surface area contributed by atoms with E-state index in [1.807, 2.05) is 13.8 Å². The zero-order valence-electron chi connectivity index (χ0n) is 10.8. The maximum atomic E-state index is 13.3. The second-order valence-corrected chi connectivity index (χ2v) is 6.41. The highest BCUT2D eigenvalue weighted by Crippen LogP contribution is 2.46. The molecule has 0 aromatic heterocycles. The number of halogens is 2. The molecule has 0 aliphatic heterocycles. The predicted molar refractivity (Wildman–Crippen MR) is 74.0 cm³/mol. The summed E-state index contributed by atoms with van der Waals surface area (Å²) in [6.45, 7) is 6.36.